The minimum absolute atomic E-state index is 0.133. The number of ether oxygens (including phenoxy) is 1. The zero-order valence-electron chi connectivity index (χ0n) is 12.0. The predicted octanol–water partition coefficient (Wildman–Crippen LogP) is 2.93. The second-order valence-electron chi connectivity index (χ2n) is 5.65. The van der Waals surface area contributed by atoms with Crippen LogP contribution < -0.4 is 10.5 Å². The Balaban J connectivity index is 2.34. The predicted molar refractivity (Wildman–Crippen MR) is 72.6 cm³/mol. The van der Waals surface area contributed by atoms with Crippen LogP contribution in [0.1, 0.15) is 32.7 Å². The smallest absolute Gasteiger partial charge is 0.244 e. The maximum atomic E-state index is 13.4. The highest BCUT2D eigenvalue weighted by molar-refractivity contribution is 5.57. The third-order valence-electron chi connectivity index (χ3n) is 3.05. The van der Waals surface area contributed by atoms with Crippen molar-refractivity contribution in [1.82, 2.24) is 10.1 Å². The minimum Gasteiger partial charge on any atom is -0.494 e. The van der Waals surface area contributed by atoms with Gasteiger partial charge in [-0.25, -0.2) is 4.39 Å². The van der Waals surface area contributed by atoms with Crippen molar-refractivity contribution in [3.05, 3.63) is 29.9 Å². The number of benzene rings is 1. The Morgan fingerprint density at radius 1 is 1.35 bits per heavy atom. The summed E-state index contributed by atoms with van der Waals surface area (Å²) < 4.78 is 23.5. The Kier molecular flexibility index (Phi) is 3.76. The molecule has 1 aromatic carbocycles. The van der Waals surface area contributed by atoms with Gasteiger partial charge < -0.3 is 15.0 Å². The Morgan fingerprint density at radius 2 is 2.05 bits per heavy atom. The van der Waals surface area contributed by atoms with Crippen LogP contribution in [0.25, 0.3) is 11.4 Å². The molecule has 0 saturated carbocycles. The number of halogens is 1. The molecule has 1 atom stereocenters. The molecule has 2 rings (SSSR count). The van der Waals surface area contributed by atoms with Gasteiger partial charge in [-0.15, -0.1) is 0 Å². The van der Waals surface area contributed by atoms with E-state index in [-0.39, 0.29) is 17.2 Å². The van der Waals surface area contributed by atoms with Crippen molar-refractivity contribution in [2.45, 2.75) is 26.8 Å². The number of aromatic nitrogens is 2. The quantitative estimate of drug-likeness (QED) is 0.935. The molecule has 0 unspecified atom stereocenters. The molecule has 108 valence electrons. The van der Waals surface area contributed by atoms with E-state index in [2.05, 4.69) is 10.1 Å². The average Bonchev–Trinajstić information content (AvgIpc) is 2.86. The van der Waals surface area contributed by atoms with Crippen LogP contribution in [-0.4, -0.2) is 17.3 Å². The first-order valence-corrected chi connectivity index (χ1v) is 6.26. The molecule has 0 bridgehead atoms. The molecular weight excluding hydrogens is 261 g/mol. The summed E-state index contributed by atoms with van der Waals surface area (Å²) in [4.78, 5) is 4.27. The largest absolute Gasteiger partial charge is 0.494 e. The molecule has 0 radical (unpaired) electrons. The molecule has 0 spiro atoms. The number of hydrogen-bond donors (Lipinski definition) is 1. The molecule has 1 aromatic heterocycles. The molecule has 5 nitrogen and oxygen atoms in total. The number of methoxy groups -OCH3 is 1. The lowest BCUT2D eigenvalue weighted by Crippen LogP contribution is -2.26. The summed E-state index contributed by atoms with van der Waals surface area (Å²) in [5.74, 6) is 0.411. The van der Waals surface area contributed by atoms with E-state index in [1.165, 1.54) is 19.2 Å². The highest BCUT2D eigenvalue weighted by Gasteiger charge is 2.27. The Labute approximate surface area is 116 Å². The van der Waals surface area contributed by atoms with Gasteiger partial charge in [-0.1, -0.05) is 25.9 Å². The third kappa shape index (κ3) is 2.80. The fraction of sp³-hybridized carbons (Fsp3) is 0.429. The molecule has 0 aliphatic carbocycles. The highest BCUT2D eigenvalue weighted by Crippen LogP contribution is 2.31. The molecule has 2 aromatic rings. The topological polar surface area (TPSA) is 74.2 Å². The zero-order valence-corrected chi connectivity index (χ0v) is 12.0. The molecule has 0 aliphatic rings. The van der Waals surface area contributed by atoms with E-state index in [0.29, 0.717) is 17.3 Å². The van der Waals surface area contributed by atoms with Crippen molar-refractivity contribution in [2.75, 3.05) is 7.11 Å². The van der Waals surface area contributed by atoms with Gasteiger partial charge in [-0.2, -0.15) is 4.98 Å². The summed E-state index contributed by atoms with van der Waals surface area (Å²) in [6.07, 6.45) is 0. The second-order valence-corrected chi connectivity index (χ2v) is 5.65. The molecule has 0 saturated heterocycles. The van der Waals surface area contributed by atoms with E-state index in [1.54, 1.807) is 6.07 Å². The van der Waals surface area contributed by atoms with Crippen molar-refractivity contribution >= 4 is 0 Å². The zero-order chi connectivity index (χ0) is 14.9. The van der Waals surface area contributed by atoms with E-state index in [0.717, 1.165) is 0 Å². The minimum atomic E-state index is -0.439. The average molecular weight is 279 g/mol. The van der Waals surface area contributed by atoms with Gasteiger partial charge in [-0.05, 0) is 23.6 Å². The van der Waals surface area contributed by atoms with Gasteiger partial charge in [0.05, 0.1) is 13.2 Å². The van der Waals surface area contributed by atoms with Crippen molar-refractivity contribution in [3.8, 4) is 17.1 Å². The molecule has 1 heterocycles. The summed E-state index contributed by atoms with van der Waals surface area (Å²) in [6.45, 7) is 5.97. The standard InChI is InChI=1S/C14H18FN3O2/c1-14(2,3)11(16)13-17-12(18-20-13)8-5-6-9(15)10(7-8)19-4/h5-7,11H,16H2,1-4H3/t11-/m1/s1. The number of rotatable bonds is 3. The molecular formula is C14H18FN3O2. The van der Waals surface area contributed by atoms with E-state index >= 15 is 0 Å². The molecule has 0 fully saturated rings. The summed E-state index contributed by atoms with van der Waals surface area (Å²) in [5, 5.41) is 3.88. The van der Waals surface area contributed by atoms with Crippen LogP contribution in [0, 0.1) is 11.2 Å². The monoisotopic (exact) mass is 279 g/mol. The van der Waals surface area contributed by atoms with E-state index in [4.69, 9.17) is 15.0 Å². The number of nitrogens with zero attached hydrogens (tertiary/aromatic N) is 2. The maximum Gasteiger partial charge on any atom is 0.244 e. The first-order valence-electron chi connectivity index (χ1n) is 6.26. The Morgan fingerprint density at radius 3 is 2.65 bits per heavy atom. The van der Waals surface area contributed by atoms with Crippen LogP contribution in [0.15, 0.2) is 22.7 Å². The van der Waals surface area contributed by atoms with E-state index < -0.39 is 5.82 Å². The van der Waals surface area contributed by atoms with Crippen LogP contribution in [0.3, 0.4) is 0 Å². The van der Waals surface area contributed by atoms with Crippen molar-refractivity contribution in [2.24, 2.45) is 11.1 Å². The SMILES string of the molecule is COc1cc(-c2noc([C@@H](N)C(C)(C)C)n2)ccc1F. The van der Waals surface area contributed by atoms with Crippen molar-refractivity contribution in [3.63, 3.8) is 0 Å². The summed E-state index contributed by atoms with van der Waals surface area (Å²) in [5.41, 5.74) is 6.48. The first-order chi connectivity index (χ1) is 9.32. The molecule has 0 aliphatic heterocycles. The maximum absolute atomic E-state index is 13.4. The van der Waals surface area contributed by atoms with Crippen LogP contribution in [0.5, 0.6) is 5.75 Å². The van der Waals surface area contributed by atoms with Gasteiger partial charge in [0.25, 0.3) is 0 Å². The lowest BCUT2D eigenvalue weighted by Gasteiger charge is -2.23. The van der Waals surface area contributed by atoms with Crippen LogP contribution in [0.2, 0.25) is 0 Å². The summed E-state index contributed by atoms with van der Waals surface area (Å²) in [7, 11) is 1.40. The van der Waals surface area contributed by atoms with Gasteiger partial charge in [-0.3, -0.25) is 0 Å². The van der Waals surface area contributed by atoms with Crippen LogP contribution in [0.4, 0.5) is 4.39 Å². The highest BCUT2D eigenvalue weighted by atomic mass is 19.1. The first kappa shape index (κ1) is 14.5. The van der Waals surface area contributed by atoms with Gasteiger partial charge in [0.2, 0.25) is 11.7 Å². The van der Waals surface area contributed by atoms with Crippen molar-refractivity contribution in [1.29, 1.82) is 0 Å². The third-order valence-corrected chi connectivity index (χ3v) is 3.05. The van der Waals surface area contributed by atoms with Gasteiger partial charge in [0.1, 0.15) is 0 Å². The second kappa shape index (κ2) is 5.20. The van der Waals surface area contributed by atoms with E-state index in [9.17, 15) is 4.39 Å². The number of hydrogen-bond acceptors (Lipinski definition) is 5. The molecule has 0 amide bonds. The van der Waals surface area contributed by atoms with E-state index in [1.807, 2.05) is 20.8 Å². The fourth-order valence-corrected chi connectivity index (χ4v) is 1.65. The van der Waals surface area contributed by atoms with Gasteiger partial charge >= 0.3 is 0 Å². The normalized spacial score (nSPS) is 13.3. The summed E-state index contributed by atoms with van der Waals surface area (Å²) in [6, 6.07) is 4.02. The number of nitrogens with two attached hydrogens (primary N) is 1. The van der Waals surface area contributed by atoms with Crippen LogP contribution in [-0.2, 0) is 0 Å². The molecule has 2 N–H and O–H groups in total. The molecule has 20 heavy (non-hydrogen) atoms. The van der Waals surface area contributed by atoms with Crippen LogP contribution >= 0.6 is 0 Å². The Bertz CT molecular complexity index is 605. The molecule has 6 heteroatoms. The van der Waals surface area contributed by atoms with Gasteiger partial charge in [0, 0.05) is 5.56 Å². The van der Waals surface area contributed by atoms with Crippen molar-refractivity contribution < 1.29 is 13.7 Å². The fourth-order valence-electron chi connectivity index (χ4n) is 1.65. The lowest BCUT2D eigenvalue weighted by atomic mass is 9.87. The van der Waals surface area contributed by atoms with Gasteiger partial charge in [0.15, 0.2) is 11.6 Å². The summed E-state index contributed by atoms with van der Waals surface area (Å²) >= 11 is 0. The lowest BCUT2D eigenvalue weighted by molar-refractivity contribution is 0.253. The Hall–Kier alpha value is -1.95.